The van der Waals surface area contributed by atoms with Crippen molar-refractivity contribution in [1.29, 1.82) is 0 Å². The average molecular weight is 295 g/mol. The topological polar surface area (TPSA) is 78.0 Å². The van der Waals surface area contributed by atoms with E-state index in [1.54, 1.807) is 25.4 Å². The van der Waals surface area contributed by atoms with Crippen molar-refractivity contribution in [2.75, 3.05) is 7.05 Å². The number of nitrogens with zero attached hydrogens (tertiary/aromatic N) is 1. The molecule has 2 aromatic carbocycles. The molecule has 3 N–H and O–H groups in total. The van der Waals surface area contributed by atoms with Crippen molar-refractivity contribution in [3.63, 3.8) is 0 Å². The average Bonchev–Trinajstić information content (AvgIpc) is 2.99. The summed E-state index contributed by atoms with van der Waals surface area (Å²) in [6.07, 6.45) is 1.69. The first kappa shape index (κ1) is 14.1. The Bertz CT molecular complexity index is 881. The SMILES string of the molecule is CNC(=O)c1cc(-c2c(C)ccc(O)c2C)c2[nH]ncc2c1. The lowest BCUT2D eigenvalue weighted by molar-refractivity contribution is 0.0963. The summed E-state index contributed by atoms with van der Waals surface area (Å²) in [5.74, 6) is 0.0819. The molecule has 0 aliphatic heterocycles. The molecule has 0 spiro atoms. The van der Waals surface area contributed by atoms with Gasteiger partial charge in [0.2, 0.25) is 0 Å². The molecule has 0 unspecified atom stereocenters. The predicted molar refractivity (Wildman–Crippen MR) is 86.1 cm³/mol. The Balaban J connectivity index is 2.38. The molecule has 0 bridgehead atoms. The molecule has 3 aromatic rings. The third-order valence-corrected chi connectivity index (χ3v) is 3.95. The van der Waals surface area contributed by atoms with Gasteiger partial charge in [-0.25, -0.2) is 0 Å². The van der Waals surface area contributed by atoms with E-state index in [0.717, 1.165) is 33.2 Å². The summed E-state index contributed by atoms with van der Waals surface area (Å²) in [6, 6.07) is 7.18. The molecule has 0 aliphatic carbocycles. The van der Waals surface area contributed by atoms with Crippen molar-refractivity contribution >= 4 is 16.8 Å². The molecule has 5 nitrogen and oxygen atoms in total. The Morgan fingerprint density at radius 3 is 2.77 bits per heavy atom. The molecule has 0 fully saturated rings. The summed E-state index contributed by atoms with van der Waals surface area (Å²) in [5, 5.41) is 20.6. The summed E-state index contributed by atoms with van der Waals surface area (Å²) < 4.78 is 0. The standard InChI is InChI=1S/C17H17N3O2/c1-9-4-5-14(21)10(2)15(9)13-7-11(17(22)18-3)6-12-8-19-20-16(12)13/h4-8,21H,1-3H3,(H,18,22)(H,19,20). The van der Waals surface area contributed by atoms with Gasteiger partial charge in [0.05, 0.1) is 11.7 Å². The van der Waals surface area contributed by atoms with E-state index >= 15 is 0 Å². The number of hydrogen-bond acceptors (Lipinski definition) is 3. The van der Waals surface area contributed by atoms with Crippen LogP contribution in [-0.2, 0) is 0 Å². The highest BCUT2D eigenvalue weighted by molar-refractivity contribution is 6.04. The molecule has 0 aliphatic rings. The van der Waals surface area contributed by atoms with Crippen LogP contribution in [0.2, 0.25) is 0 Å². The number of carbonyl (C=O) groups is 1. The van der Waals surface area contributed by atoms with Gasteiger partial charge in [-0.2, -0.15) is 5.10 Å². The van der Waals surface area contributed by atoms with E-state index in [1.165, 1.54) is 0 Å². The van der Waals surface area contributed by atoms with Gasteiger partial charge >= 0.3 is 0 Å². The fourth-order valence-corrected chi connectivity index (χ4v) is 2.78. The zero-order valence-corrected chi connectivity index (χ0v) is 12.7. The van der Waals surface area contributed by atoms with Gasteiger partial charge in [0, 0.05) is 23.6 Å². The van der Waals surface area contributed by atoms with E-state index < -0.39 is 0 Å². The normalized spacial score (nSPS) is 10.9. The van der Waals surface area contributed by atoms with Gasteiger partial charge in [0.1, 0.15) is 5.75 Å². The molecule has 0 saturated heterocycles. The van der Waals surface area contributed by atoms with Crippen LogP contribution in [0, 0.1) is 13.8 Å². The first-order chi connectivity index (χ1) is 10.5. The monoisotopic (exact) mass is 295 g/mol. The van der Waals surface area contributed by atoms with E-state index in [1.807, 2.05) is 26.0 Å². The maximum Gasteiger partial charge on any atom is 0.251 e. The van der Waals surface area contributed by atoms with Crippen LogP contribution in [0.15, 0.2) is 30.5 Å². The molecule has 3 rings (SSSR count). The number of fused-ring (bicyclic) bond motifs is 1. The van der Waals surface area contributed by atoms with Crippen LogP contribution in [0.4, 0.5) is 0 Å². The van der Waals surface area contributed by atoms with Crippen molar-refractivity contribution in [2.45, 2.75) is 13.8 Å². The van der Waals surface area contributed by atoms with Crippen LogP contribution < -0.4 is 5.32 Å². The number of aromatic amines is 1. The Kier molecular flexibility index (Phi) is 3.33. The summed E-state index contributed by atoms with van der Waals surface area (Å²) in [5.41, 5.74) is 5.00. The van der Waals surface area contributed by atoms with Crippen LogP contribution in [0.1, 0.15) is 21.5 Å². The number of aromatic nitrogens is 2. The number of phenolic OH excluding ortho intramolecular Hbond substituents is 1. The van der Waals surface area contributed by atoms with Gasteiger partial charge in [-0.15, -0.1) is 0 Å². The number of aryl methyl sites for hydroxylation is 1. The lowest BCUT2D eigenvalue weighted by Crippen LogP contribution is -2.17. The number of H-pyrrole nitrogens is 1. The number of hydrogen-bond donors (Lipinski definition) is 3. The minimum absolute atomic E-state index is 0.153. The van der Waals surface area contributed by atoms with E-state index in [4.69, 9.17) is 0 Å². The van der Waals surface area contributed by atoms with Crippen LogP contribution in [0.5, 0.6) is 5.75 Å². The van der Waals surface area contributed by atoms with Gasteiger partial charge in [0.25, 0.3) is 5.91 Å². The lowest BCUT2D eigenvalue weighted by Gasteiger charge is -2.14. The fraction of sp³-hybridized carbons (Fsp3) is 0.176. The van der Waals surface area contributed by atoms with E-state index in [9.17, 15) is 9.90 Å². The number of rotatable bonds is 2. The summed E-state index contributed by atoms with van der Waals surface area (Å²) in [6.45, 7) is 3.85. The van der Waals surface area contributed by atoms with E-state index in [0.29, 0.717) is 5.56 Å². The van der Waals surface area contributed by atoms with Gasteiger partial charge in [-0.1, -0.05) is 6.07 Å². The molecule has 112 valence electrons. The highest BCUT2D eigenvalue weighted by Gasteiger charge is 2.16. The smallest absolute Gasteiger partial charge is 0.251 e. The number of aromatic hydroxyl groups is 1. The summed E-state index contributed by atoms with van der Waals surface area (Å²) in [7, 11) is 1.60. The highest BCUT2D eigenvalue weighted by atomic mass is 16.3. The molecule has 0 radical (unpaired) electrons. The van der Waals surface area contributed by atoms with Crippen molar-refractivity contribution in [2.24, 2.45) is 0 Å². The molecule has 22 heavy (non-hydrogen) atoms. The molecule has 0 saturated carbocycles. The minimum atomic E-state index is -0.153. The molecular weight excluding hydrogens is 278 g/mol. The third-order valence-electron chi connectivity index (χ3n) is 3.95. The van der Waals surface area contributed by atoms with Gasteiger partial charge in [-0.05, 0) is 48.7 Å². The van der Waals surface area contributed by atoms with Crippen molar-refractivity contribution in [1.82, 2.24) is 15.5 Å². The highest BCUT2D eigenvalue weighted by Crippen LogP contribution is 2.36. The van der Waals surface area contributed by atoms with Crippen molar-refractivity contribution < 1.29 is 9.90 Å². The molecule has 1 aromatic heterocycles. The third kappa shape index (κ3) is 2.11. The number of amides is 1. The Labute approximate surface area is 128 Å². The molecule has 5 heteroatoms. The molecular formula is C17H17N3O2. The van der Waals surface area contributed by atoms with E-state index in [2.05, 4.69) is 15.5 Å². The maximum absolute atomic E-state index is 12.0. The zero-order chi connectivity index (χ0) is 15.9. The van der Waals surface area contributed by atoms with Crippen molar-refractivity contribution in [3.8, 4) is 16.9 Å². The van der Waals surface area contributed by atoms with Crippen LogP contribution >= 0.6 is 0 Å². The first-order valence-electron chi connectivity index (χ1n) is 7.01. The van der Waals surface area contributed by atoms with Crippen LogP contribution in [0.25, 0.3) is 22.0 Å². The molecule has 1 heterocycles. The van der Waals surface area contributed by atoms with Gasteiger partial charge < -0.3 is 10.4 Å². The lowest BCUT2D eigenvalue weighted by atomic mass is 9.92. The quantitative estimate of drug-likeness (QED) is 0.680. The fourth-order valence-electron chi connectivity index (χ4n) is 2.78. The van der Waals surface area contributed by atoms with Gasteiger partial charge in [0.15, 0.2) is 0 Å². The molecule has 1 amide bonds. The number of nitrogens with one attached hydrogen (secondary N) is 2. The van der Waals surface area contributed by atoms with Crippen molar-refractivity contribution in [3.05, 3.63) is 47.2 Å². The summed E-state index contributed by atoms with van der Waals surface area (Å²) in [4.78, 5) is 12.0. The first-order valence-corrected chi connectivity index (χ1v) is 7.01. The number of benzene rings is 2. The number of phenols is 1. The Hall–Kier alpha value is -2.82. The number of carbonyl (C=O) groups excluding carboxylic acids is 1. The van der Waals surface area contributed by atoms with Gasteiger partial charge in [-0.3, -0.25) is 9.89 Å². The van der Waals surface area contributed by atoms with Crippen LogP contribution in [-0.4, -0.2) is 28.3 Å². The maximum atomic E-state index is 12.0. The predicted octanol–water partition coefficient (Wildman–Crippen LogP) is 2.91. The second-order valence-corrected chi connectivity index (χ2v) is 5.34. The second-order valence-electron chi connectivity index (χ2n) is 5.34. The largest absolute Gasteiger partial charge is 0.508 e. The zero-order valence-electron chi connectivity index (χ0n) is 12.7. The second kappa shape index (κ2) is 5.18. The molecule has 0 atom stereocenters. The van der Waals surface area contributed by atoms with E-state index in [-0.39, 0.29) is 11.7 Å². The van der Waals surface area contributed by atoms with Crippen LogP contribution in [0.3, 0.4) is 0 Å². The Morgan fingerprint density at radius 1 is 1.27 bits per heavy atom. The summed E-state index contributed by atoms with van der Waals surface area (Å²) >= 11 is 0. The Morgan fingerprint density at radius 2 is 2.05 bits per heavy atom. The minimum Gasteiger partial charge on any atom is -0.508 e.